The lowest BCUT2D eigenvalue weighted by molar-refractivity contribution is -0.141. The molecule has 1 fully saturated rings. The fraction of sp³-hybridized carbons (Fsp3) is 0.667. The molecule has 1 amide bonds. The average Bonchev–Trinajstić information content (AvgIpc) is 2.29. The molecule has 7 heteroatoms. The molecule has 1 N–H and O–H groups in total. The first-order chi connectivity index (χ1) is 5.82. The van der Waals surface area contributed by atoms with Crippen molar-refractivity contribution in [2.45, 2.75) is 6.42 Å². The van der Waals surface area contributed by atoms with Crippen LogP contribution in [0.4, 0.5) is 0 Å². The third-order valence-electron chi connectivity index (χ3n) is 1.83. The van der Waals surface area contributed by atoms with Gasteiger partial charge in [-0.25, -0.2) is 12.7 Å². The van der Waals surface area contributed by atoms with Crippen LogP contribution >= 0.6 is 0 Å². The van der Waals surface area contributed by atoms with Crippen LogP contribution in [0, 0.1) is 5.92 Å². The zero-order chi connectivity index (χ0) is 10.2. The highest BCUT2D eigenvalue weighted by molar-refractivity contribution is 7.88. The van der Waals surface area contributed by atoms with E-state index in [1.807, 2.05) is 0 Å². The van der Waals surface area contributed by atoms with Crippen LogP contribution in [0.1, 0.15) is 6.42 Å². The number of sulfonamides is 1. The van der Waals surface area contributed by atoms with Crippen molar-refractivity contribution >= 4 is 21.9 Å². The van der Waals surface area contributed by atoms with E-state index >= 15 is 0 Å². The largest absolute Gasteiger partial charge is 0.481 e. The van der Waals surface area contributed by atoms with Crippen molar-refractivity contribution in [3.8, 4) is 0 Å². The van der Waals surface area contributed by atoms with Crippen molar-refractivity contribution in [2.75, 3.05) is 12.8 Å². The van der Waals surface area contributed by atoms with E-state index in [1.54, 1.807) is 0 Å². The third-order valence-corrected chi connectivity index (χ3v) is 2.99. The number of hydrogen-bond acceptors (Lipinski definition) is 4. The zero-order valence-corrected chi connectivity index (χ0v) is 7.74. The van der Waals surface area contributed by atoms with Crippen molar-refractivity contribution in [2.24, 2.45) is 5.92 Å². The van der Waals surface area contributed by atoms with Crippen LogP contribution in [0.3, 0.4) is 0 Å². The van der Waals surface area contributed by atoms with E-state index in [1.165, 1.54) is 0 Å². The van der Waals surface area contributed by atoms with E-state index in [0.717, 1.165) is 6.26 Å². The van der Waals surface area contributed by atoms with Crippen LogP contribution in [-0.4, -0.2) is 42.5 Å². The van der Waals surface area contributed by atoms with E-state index in [9.17, 15) is 18.0 Å². The number of carboxylic acid groups (broad SMARTS) is 1. The average molecular weight is 207 g/mol. The molecule has 1 unspecified atom stereocenters. The molecule has 0 bridgehead atoms. The van der Waals surface area contributed by atoms with Crippen molar-refractivity contribution < 1.29 is 23.1 Å². The third kappa shape index (κ3) is 1.97. The second-order valence-electron chi connectivity index (χ2n) is 2.93. The Morgan fingerprint density at radius 1 is 1.62 bits per heavy atom. The van der Waals surface area contributed by atoms with E-state index in [0.29, 0.717) is 4.31 Å². The van der Waals surface area contributed by atoms with E-state index in [2.05, 4.69) is 0 Å². The van der Waals surface area contributed by atoms with Crippen molar-refractivity contribution in [3.05, 3.63) is 0 Å². The first kappa shape index (κ1) is 9.97. The highest BCUT2D eigenvalue weighted by Crippen LogP contribution is 2.20. The first-order valence-electron chi connectivity index (χ1n) is 3.55. The van der Waals surface area contributed by atoms with Gasteiger partial charge < -0.3 is 5.11 Å². The molecule has 0 aromatic rings. The highest BCUT2D eigenvalue weighted by Gasteiger charge is 2.38. The van der Waals surface area contributed by atoms with Gasteiger partial charge in [0.1, 0.15) is 0 Å². The Morgan fingerprint density at radius 3 is 2.38 bits per heavy atom. The fourth-order valence-electron chi connectivity index (χ4n) is 1.16. The first-order valence-corrected chi connectivity index (χ1v) is 5.40. The molecule has 0 aliphatic carbocycles. The summed E-state index contributed by atoms with van der Waals surface area (Å²) >= 11 is 0. The normalized spacial score (nSPS) is 23.6. The van der Waals surface area contributed by atoms with Crippen LogP contribution in [0.25, 0.3) is 0 Å². The maximum Gasteiger partial charge on any atom is 0.308 e. The number of carboxylic acids is 1. The SMILES string of the molecule is CS(=O)(=O)N1CC(C(=O)O)CC1=O. The van der Waals surface area contributed by atoms with E-state index in [-0.39, 0.29) is 13.0 Å². The summed E-state index contributed by atoms with van der Waals surface area (Å²) in [4.78, 5) is 21.5. The maximum atomic E-state index is 11.0. The number of rotatable bonds is 2. The Bertz CT molecular complexity index is 346. The summed E-state index contributed by atoms with van der Waals surface area (Å²) in [5.74, 6) is -2.68. The zero-order valence-electron chi connectivity index (χ0n) is 6.93. The molecule has 1 aliphatic heterocycles. The van der Waals surface area contributed by atoms with Gasteiger partial charge in [-0.15, -0.1) is 0 Å². The van der Waals surface area contributed by atoms with Gasteiger partial charge >= 0.3 is 5.97 Å². The lowest BCUT2D eigenvalue weighted by atomic mass is 10.1. The smallest absolute Gasteiger partial charge is 0.308 e. The molecule has 13 heavy (non-hydrogen) atoms. The standard InChI is InChI=1S/C6H9NO5S/c1-13(11,12)7-3-4(6(9)10)2-5(7)8/h4H,2-3H2,1H3,(H,9,10). The lowest BCUT2D eigenvalue weighted by Crippen LogP contribution is -2.31. The molecule has 0 radical (unpaired) electrons. The molecule has 0 aromatic carbocycles. The molecular weight excluding hydrogens is 198 g/mol. The number of aliphatic carboxylic acids is 1. The lowest BCUT2D eigenvalue weighted by Gasteiger charge is -2.11. The topological polar surface area (TPSA) is 91.8 Å². The van der Waals surface area contributed by atoms with Crippen LogP contribution in [0.5, 0.6) is 0 Å². The predicted octanol–water partition coefficient (Wildman–Crippen LogP) is -1.12. The summed E-state index contributed by atoms with van der Waals surface area (Å²) in [5, 5.41) is 8.54. The minimum Gasteiger partial charge on any atom is -0.481 e. The quantitative estimate of drug-likeness (QED) is 0.619. The molecule has 6 nitrogen and oxygen atoms in total. The van der Waals surface area contributed by atoms with Crippen molar-refractivity contribution in [3.63, 3.8) is 0 Å². The fourth-order valence-corrected chi connectivity index (χ4v) is 2.06. The number of carbonyl (C=O) groups excluding carboxylic acids is 1. The summed E-state index contributed by atoms with van der Waals surface area (Å²) in [6.07, 6.45) is 0.650. The monoisotopic (exact) mass is 207 g/mol. The Hall–Kier alpha value is -1.11. The molecule has 74 valence electrons. The van der Waals surface area contributed by atoms with Gasteiger partial charge in [-0.3, -0.25) is 9.59 Å². The second-order valence-corrected chi connectivity index (χ2v) is 4.83. The minimum atomic E-state index is -3.60. The molecule has 1 aliphatic rings. The van der Waals surface area contributed by atoms with Crippen LogP contribution in [0.2, 0.25) is 0 Å². The van der Waals surface area contributed by atoms with Gasteiger partial charge in [-0.1, -0.05) is 0 Å². The predicted molar refractivity (Wildman–Crippen MR) is 42.3 cm³/mol. The number of carbonyl (C=O) groups is 2. The Morgan fingerprint density at radius 2 is 2.15 bits per heavy atom. The van der Waals surface area contributed by atoms with Gasteiger partial charge in [0.25, 0.3) is 0 Å². The Balaban J connectivity index is 2.85. The molecule has 0 spiro atoms. The van der Waals surface area contributed by atoms with Gasteiger partial charge in [0.15, 0.2) is 0 Å². The van der Waals surface area contributed by atoms with Crippen LogP contribution < -0.4 is 0 Å². The molecule has 1 saturated heterocycles. The van der Waals surface area contributed by atoms with Crippen molar-refractivity contribution in [1.29, 1.82) is 0 Å². The van der Waals surface area contributed by atoms with Gasteiger partial charge in [-0.2, -0.15) is 0 Å². The summed E-state index contributed by atoms with van der Waals surface area (Å²) in [6.45, 7) is -0.243. The maximum absolute atomic E-state index is 11.0. The molecule has 0 aromatic heterocycles. The summed E-state index contributed by atoms with van der Waals surface area (Å²) < 4.78 is 22.5. The summed E-state index contributed by atoms with van der Waals surface area (Å²) in [7, 11) is -3.60. The molecule has 1 rings (SSSR count). The number of hydrogen-bond donors (Lipinski definition) is 1. The highest BCUT2D eigenvalue weighted by atomic mass is 32.2. The number of nitrogens with zero attached hydrogens (tertiary/aromatic N) is 1. The van der Waals surface area contributed by atoms with Gasteiger partial charge in [-0.05, 0) is 0 Å². The molecular formula is C6H9NO5S. The molecule has 1 atom stereocenters. The summed E-state index contributed by atoms with van der Waals surface area (Å²) in [6, 6.07) is 0. The Kier molecular flexibility index (Phi) is 2.29. The van der Waals surface area contributed by atoms with Gasteiger partial charge in [0.05, 0.1) is 18.7 Å². The number of amides is 1. The molecule has 0 saturated carbocycles. The molecule has 1 heterocycles. The van der Waals surface area contributed by atoms with Gasteiger partial charge in [0.2, 0.25) is 15.9 Å². The summed E-state index contributed by atoms with van der Waals surface area (Å²) in [5.41, 5.74) is 0. The van der Waals surface area contributed by atoms with E-state index in [4.69, 9.17) is 5.11 Å². The van der Waals surface area contributed by atoms with Gasteiger partial charge in [0, 0.05) is 6.42 Å². The van der Waals surface area contributed by atoms with Crippen molar-refractivity contribution in [1.82, 2.24) is 4.31 Å². The Labute approximate surface area is 75.2 Å². The van der Waals surface area contributed by atoms with Crippen LogP contribution in [-0.2, 0) is 19.6 Å². The van der Waals surface area contributed by atoms with Crippen LogP contribution in [0.15, 0.2) is 0 Å². The minimum absolute atomic E-state index is 0.234. The second kappa shape index (κ2) is 2.99. The van der Waals surface area contributed by atoms with E-state index < -0.39 is 27.8 Å².